The van der Waals surface area contributed by atoms with Crippen molar-refractivity contribution >= 4 is 17.3 Å². The quantitative estimate of drug-likeness (QED) is 0.929. The monoisotopic (exact) mass is 278 g/mol. The predicted molar refractivity (Wildman–Crippen MR) is 70.8 cm³/mol. The van der Waals surface area contributed by atoms with Gasteiger partial charge in [0.15, 0.2) is 5.76 Å². The topological polar surface area (TPSA) is 66.6 Å². The first-order chi connectivity index (χ1) is 9.22. The van der Waals surface area contributed by atoms with E-state index in [9.17, 15) is 4.79 Å². The molecule has 0 saturated carbocycles. The SMILES string of the molecule is O=C(O)C1CCN(Cc2ncc(-c3cccs3)o2)C1. The molecule has 0 spiro atoms. The van der Waals surface area contributed by atoms with Crippen molar-refractivity contribution in [2.45, 2.75) is 13.0 Å². The number of nitrogens with zero attached hydrogens (tertiary/aromatic N) is 2. The van der Waals surface area contributed by atoms with Crippen molar-refractivity contribution in [1.82, 2.24) is 9.88 Å². The van der Waals surface area contributed by atoms with Gasteiger partial charge in [0, 0.05) is 6.54 Å². The Hall–Kier alpha value is -1.66. The van der Waals surface area contributed by atoms with E-state index in [1.165, 1.54) is 0 Å². The highest BCUT2D eigenvalue weighted by Gasteiger charge is 2.28. The first-order valence-corrected chi connectivity index (χ1v) is 7.04. The molecule has 1 aliphatic heterocycles. The number of rotatable bonds is 4. The number of oxazole rings is 1. The molecule has 100 valence electrons. The third-order valence-corrected chi connectivity index (χ3v) is 4.18. The van der Waals surface area contributed by atoms with Gasteiger partial charge in [-0.05, 0) is 24.4 Å². The molecule has 0 bridgehead atoms. The minimum atomic E-state index is -0.714. The lowest BCUT2D eigenvalue weighted by atomic mass is 10.1. The number of aliphatic carboxylic acids is 1. The summed E-state index contributed by atoms with van der Waals surface area (Å²) in [7, 11) is 0. The second-order valence-corrected chi connectivity index (χ2v) is 5.60. The van der Waals surface area contributed by atoms with E-state index in [1.807, 2.05) is 17.5 Å². The van der Waals surface area contributed by atoms with Crippen molar-refractivity contribution in [3.05, 3.63) is 29.6 Å². The molecule has 1 fully saturated rings. The van der Waals surface area contributed by atoms with Gasteiger partial charge >= 0.3 is 5.97 Å². The maximum Gasteiger partial charge on any atom is 0.307 e. The van der Waals surface area contributed by atoms with Gasteiger partial charge in [-0.1, -0.05) is 6.07 Å². The zero-order chi connectivity index (χ0) is 13.2. The lowest BCUT2D eigenvalue weighted by Crippen LogP contribution is -2.22. The van der Waals surface area contributed by atoms with Crippen LogP contribution in [-0.4, -0.2) is 34.0 Å². The average Bonchev–Trinajstić information content (AvgIpc) is 3.09. The molecule has 3 rings (SSSR count). The van der Waals surface area contributed by atoms with Crippen LogP contribution in [0.15, 0.2) is 28.1 Å². The highest BCUT2D eigenvalue weighted by Crippen LogP contribution is 2.26. The number of thiophene rings is 1. The van der Waals surface area contributed by atoms with E-state index in [0.29, 0.717) is 25.4 Å². The Labute approximate surface area is 114 Å². The molecular formula is C13H14N2O3S. The second kappa shape index (κ2) is 5.14. The van der Waals surface area contributed by atoms with Crippen LogP contribution in [0.5, 0.6) is 0 Å². The molecule has 1 aliphatic rings. The Morgan fingerprint density at radius 3 is 3.21 bits per heavy atom. The Morgan fingerprint density at radius 1 is 1.63 bits per heavy atom. The van der Waals surface area contributed by atoms with Crippen LogP contribution in [0.3, 0.4) is 0 Å². The smallest absolute Gasteiger partial charge is 0.307 e. The van der Waals surface area contributed by atoms with Gasteiger partial charge in [0.05, 0.1) is 23.5 Å². The molecule has 19 heavy (non-hydrogen) atoms. The maximum absolute atomic E-state index is 10.9. The van der Waals surface area contributed by atoms with Crippen molar-refractivity contribution in [1.29, 1.82) is 0 Å². The van der Waals surface area contributed by atoms with E-state index in [-0.39, 0.29) is 5.92 Å². The minimum absolute atomic E-state index is 0.258. The van der Waals surface area contributed by atoms with Crippen LogP contribution in [0.25, 0.3) is 10.6 Å². The Bertz CT molecular complexity index is 564. The number of carboxylic acids is 1. The lowest BCUT2D eigenvalue weighted by Gasteiger charge is -2.11. The third kappa shape index (κ3) is 2.69. The summed E-state index contributed by atoms with van der Waals surface area (Å²) in [4.78, 5) is 18.3. The summed E-state index contributed by atoms with van der Waals surface area (Å²) < 4.78 is 5.70. The molecule has 0 aliphatic carbocycles. The normalized spacial score (nSPS) is 19.9. The number of hydrogen-bond acceptors (Lipinski definition) is 5. The van der Waals surface area contributed by atoms with E-state index < -0.39 is 5.97 Å². The fourth-order valence-electron chi connectivity index (χ4n) is 2.29. The average molecular weight is 278 g/mol. The fraction of sp³-hybridized carbons (Fsp3) is 0.385. The predicted octanol–water partition coefficient (Wildman–Crippen LogP) is 2.31. The summed E-state index contributed by atoms with van der Waals surface area (Å²) in [5.41, 5.74) is 0. The minimum Gasteiger partial charge on any atom is -0.481 e. The Kier molecular flexibility index (Phi) is 3.35. The van der Waals surface area contributed by atoms with Crippen LogP contribution >= 0.6 is 11.3 Å². The van der Waals surface area contributed by atoms with Gasteiger partial charge < -0.3 is 9.52 Å². The highest BCUT2D eigenvalue weighted by atomic mass is 32.1. The summed E-state index contributed by atoms with van der Waals surface area (Å²) in [6, 6.07) is 3.96. The largest absolute Gasteiger partial charge is 0.481 e. The van der Waals surface area contributed by atoms with Crippen molar-refractivity contribution in [2.75, 3.05) is 13.1 Å². The van der Waals surface area contributed by atoms with Crippen LogP contribution in [0.1, 0.15) is 12.3 Å². The molecule has 1 unspecified atom stereocenters. The Balaban J connectivity index is 1.64. The van der Waals surface area contributed by atoms with Crippen molar-refractivity contribution in [3.8, 4) is 10.6 Å². The van der Waals surface area contributed by atoms with Gasteiger partial charge in [-0.2, -0.15) is 0 Å². The van der Waals surface area contributed by atoms with Crippen LogP contribution in [-0.2, 0) is 11.3 Å². The lowest BCUT2D eigenvalue weighted by molar-refractivity contribution is -0.141. The van der Waals surface area contributed by atoms with Crippen molar-refractivity contribution in [3.63, 3.8) is 0 Å². The zero-order valence-electron chi connectivity index (χ0n) is 10.3. The molecule has 3 heterocycles. The third-order valence-electron chi connectivity index (χ3n) is 3.30. The molecule has 1 atom stereocenters. The van der Waals surface area contributed by atoms with Crippen LogP contribution < -0.4 is 0 Å². The van der Waals surface area contributed by atoms with Crippen molar-refractivity contribution < 1.29 is 14.3 Å². The zero-order valence-corrected chi connectivity index (χ0v) is 11.1. The van der Waals surface area contributed by atoms with E-state index >= 15 is 0 Å². The van der Waals surface area contributed by atoms with Gasteiger partial charge in [0.1, 0.15) is 0 Å². The maximum atomic E-state index is 10.9. The van der Waals surface area contributed by atoms with Gasteiger partial charge in [-0.25, -0.2) is 4.98 Å². The Morgan fingerprint density at radius 2 is 2.53 bits per heavy atom. The van der Waals surface area contributed by atoms with E-state index in [4.69, 9.17) is 9.52 Å². The van der Waals surface area contributed by atoms with Crippen LogP contribution in [0.2, 0.25) is 0 Å². The van der Waals surface area contributed by atoms with Gasteiger partial charge in [-0.15, -0.1) is 11.3 Å². The molecule has 2 aromatic heterocycles. The molecule has 1 saturated heterocycles. The van der Waals surface area contributed by atoms with Crippen LogP contribution in [0.4, 0.5) is 0 Å². The molecule has 1 N–H and O–H groups in total. The molecule has 0 amide bonds. The second-order valence-electron chi connectivity index (χ2n) is 4.65. The summed E-state index contributed by atoms with van der Waals surface area (Å²) in [5.74, 6) is 0.453. The highest BCUT2D eigenvalue weighted by molar-refractivity contribution is 7.13. The molecule has 0 aromatic carbocycles. The standard InChI is InChI=1S/C13H14N2O3S/c16-13(17)9-3-4-15(7-9)8-12-14-6-10(18-12)11-2-1-5-19-11/h1-2,5-6,9H,3-4,7-8H2,(H,16,17). The van der Waals surface area contributed by atoms with Gasteiger partial charge in [0.25, 0.3) is 0 Å². The molecule has 6 heteroatoms. The van der Waals surface area contributed by atoms with E-state index in [2.05, 4.69) is 9.88 Å². The number of hydrogen-bond donors (Lipinski definition) is 1. The molecule has 5 nitrogen and oxygen atoms in total. The number of likely N-dealkylation sites (tertiary alicyclic amines) is 1. The fourth-order valence-corrected chi connectivity index (χ4v) is 2.96. The summed E-state index contributed by atoms with van der Waals surface area (Å²) in [5, 5.41) is 11.0. The number of carbonyl (C=O) groups is 1. The molecule has 2 aromatic rings. The number of carboxylic acid groups (broad SMARTS) is 1. The first-order valence-electron chi connectivity index (χ1n) is 6.16. The van der Waals surface area contributed by atoms with Gasteiger partial charge in [0.2, 0.25) is 5.89 Å². The summed E-state index contributed by atoms with van der Waals surface area (Å²) in [6.07, 6.45) is 2.43. The van der Waals surface area contributed by atoms with E-state index in [0.717, 1.165) is 17.2 Å². The van der Waals surface area contributed by atoms with E-state index in [1.54, 1.807) is 17.5 Å². The first kappa shape index (κ1) is 12.4. The van der Waals surface area contributed by atoms with Gasteiger partial charge in [-0.3, -0.25) is 9.69 Å². The van der Waals surface area contributed by atoms with Crippen LogP contribution in [0, 0.1) is 5.92 Å². The number of aromatic nitrogens is 1. The summed E-state index contributed by atoms with van der Waals surface area (Å²) in [6.45, 7) is 1.94. The molecular weight excluding hydrogens is 264 g/mol. The molecule has 0 radical (unpaired) electrons. The summed E-state index contributed by atoms with van der Waals surface area (Å²) >= 11 is 1.61. The van der Waals surface area contributed by atoms with Crippen molar-refractivity contribution in [2.24, 2.45) is 5.92 Å².